The summed E-state index contributed by atoms with van der Waals surface area (Å²) in [6.07, 6.45) is 0. The second-order valence-electron chi connectivity index (χ2n) is 1.49. The van der Waals surface area contributed by atoms with Crippen LogP contribution in [0.25, 0.3) is 0 Å². The van der Waals surface area contributed by atoms with E-state index in [0.29, 0.717) is 16.6 Å². The summed E-state index contributed by atoms with van der Waals surface area (Å²) in [6, 6.07) is 6.92. The summed E-state index contributed by atoms with van der Waals surface area (Å²) >= 11 is 0.361. The molecule has 0 aromatic heterocycles. The molecule has 0 atom stereocenters. The lowest BCUT2D eigenvalue weighted by molar-refractivity contribution is 0.474. The monoisotopic (exact) mass is 140 g/mol. The number of benzene rings is 1. The van der Waals surface area contributed by atoms with E-state index in [1.807, 2.05) is 0 Å². The van der Waals surface area contributed by atoms with Crippen molar-refractivity contribution in [1.82, 2.24) is 0 Å². The Morgan fingerprint density at radius 2 is 2.33 bits per heavy atom. The number of hydrogen-bond acceptors (Lipinski definition) is 2. The highest BCUT2D eigenvalue weighted by Crippen LogP contribution is 2.07. The summed E-state index contributed by atoms with van der Waals surface area (Å²) in [5.41, 5.74) is 0. The standard InChI is InChI=1S/C6H3O2S/c7-5-1-3-6(9-8)4-2-5/h1-3H/p+1. The Morgan fingerprint density at radius 3 is 2.78 bits per heavy atom. The maximum Gasteiger partial charge on any atom is 0.505 e. The van der Waals surface area contributed by atoms with Gasteiger partial charge >= 0.3 is 11.7 Å². The lowest BCUT2D eigenvalue weighted by Crippen LogP contribution is -1.70. The Kier molecular flexibility index (Phi) is 1.75. The van der Waals surface area contributed by atoms with Crippen LogP contribution in [0.3, 0.4) is 0 Å². The predicted molar refractivity (Wildman–Crippen MR) is 33.3 cm³/mol. The summed E-state index contributed by atoms with van der Waals surface area (Å²) in [5.74, 6) is 0.132. The van der Waals surface area contributed by atoms with Gasteiger partial charge in [-0.05, 0) is 12.1 Å². The van der Waals surface area contributed by atoms with E-state index < -0.39 is 0 Å². The van der Waals surface area contributed by atoms with Crippen LogP contribution in [-0.2, 0) is 15.9 Å². The minimum atomic E-state index is 0.132. The first kappa shape index (κ1) is 6.16. The number of rotatable bonds is 1. The van der Waals surface area contributed by atoms with Gasteiger partial charge in [0.1, 0.15) is 5.75 Å². The number of phenolic OH excluding ortho intramolecular Hbond substituents is 1. The van der Waals surface area contributed by atoms with Crippen molar-refractivity contribution in [3.05, 3.63) is 24.3 Å². The Labute approximate surface area is 56.6 Å². The molecule has 0 aliphatic heterocycles. The quantitative estimate of drug-likeness (QED) is 0.590. The molecule has 0 amide bonds. The maximum absolute atomic E-state index is 10.0. The first-order valence-electron chi connectivity index (χ1n) is 2.33. The molecule has 0 heterocycles. The smallest absolute Gasteiger partial charge is 0.505 e. The van der Waals surface area contributed by atoms with Gasteiger partial charge in [-0.2, -0.15) is 0 Å². The van der Waals surface area contributed by atoms with Crippen LogP contribution in [-0.4, -0.2) is 5.11 Å². The Hall–Kier alpha value is -0.960. The minimum Gasteiger partial charge on any atom is -0.508 e. The van der Waals surface area contributed by atoms with E-state index in [1.54, 1.807) is 0 Å². The summed E-state index contributed by atoms with van der Waals surface area (Å²) < 4.78 is 10.0. The van der Waals surface area contributed by atoms with Crippen molar-refractivity contribution in [3.8, 4) is 5.75 Å². The van der Waals surface area contributed by atoms with Crippen molar-refractivity contribution in [2.45, 2.75) is 4.90 Å². The molecule has 0 saturated heterocycles. The van der Waals surface area contributed by atoms with Crippen LogP contribution in [0.1, 0.15) is 0 Å². The topological polar surface area (TPSA) is 37.3 Å². The van der Waals surface area contributed by atoms with Crippen LogP contribution in [0.5, 0.6) is 5.75 Å². The maximum atomic E-state index is 10.0. The zero-order valence-electron chi connectivity index (χ0n) is 4.50. The first-order chi connectivity index (χ1) is 4.33. The Bertz CT molecular complexity index is 205. The van der Waals surface area contributed by atoms with E-state index >= 15 is 0 Å². The lowest BCUT2D eigenvalue weighted by atomic mass is 10.3. The average Bonchev–Trinajstić information content (AvgIpc) is 1.90. The number of phenols is 1. The Balaban J connectivity index is 3.01. The second kappa shape index (κ2) is 2.55. The molecule has 9 heavy (non-hydrogen) atoms. The molecule has 1 rings (SSSR count). The van der Waals surface area contributed by atoms with Crippen molar-refractivity contribution >= 4 is 11.7 Å². The molecule has 0 fully saturated rings. The zero-order valence-corrected chi connectivity index (χ0v) is 5.31. The van der Waals surface area contributed by atoms with Gasteiger partial charge < -0.3 is 5.11 Å². The van der Waals surface area contributed by atoms with Crippen molar-refractivity contribution < 1.29 is 9.32 Å². The molecule has 0 spiro atoms. The van der Waals surface area contributed by atoms with Crippen molar-refractivity contribution in [3.63, 3.8) is 0 Å². The normalized spacial score (nSPS) is 8.89. The Morgan fingerprint density at radius 1 is 1.56 bits per heavy atom. The molecule has 0 aliphatic carbocycles. The molecule has 1 N–H and O–H groups in total. The van der Waals surface area contributed by atoms with Crippen LogP contribution in [0, 0.1) is 6.07 Å². The lowest BCUT2D eigenvalue weighted by Gasteiger charge is -1.81. The summed E-state index contributed by atoms with van der Waals surface area (Å²) in [6.45, 7) is 0. The van der Waals surface area contributed by atoms with Gasteiger partial charge in [0, 0.05) is 10.3 Å². The molecule has 0 unspecified atom stereocenters. The third-order valence-corrected chi connectivity index (χ3v) is 1.29. The molecule has 3 heteroatoms. The van der Waals surface area contributed by atoms with Gasteiger partial charge in [-0.25, -0.2) is 0 Å². The molecule has 1 aromatic rings. The highest BCUT2D eigenvalue weighted by molar-refractivity contribution is 7.65. The van der Waals surface area contributed by atoms with Crippen molar-refractivity contribution in [2.24, 2.45) is 0 Å². The van der Waals surface area contributed by atoms with Gasteiger partial charge in [-0.1, -0.05) is 0 Å². The average molecular weight is 140 g/mol. The fourth-order valence-corrected chi connectivity index (χ4v) is 0.685. The van der Waals surface area contributed by atoms with Crippen molar-refractivity contribution in [1.29, 1.82) is 0 Å². The highest BCUT2D eigenvalue weighted by atomic mass is 32.1. The minimum absolute atomic E-state index is 0.132. The highest BCUT2D eigenvalue weighted by Gasteiger charge is 2.03. The van der Waals surface area contributed by atoms with E-state index in [0.717, 1.165) is 0 Å². The van der Waals surface area contributed by atoms with Gasteiger partial charge in [-0.15, -0.1) is 0 Å². The van der Waals surface area contributed by atoms with Crippen LogP contribution in [0.2, 0.25) is 0 Å². The summed E-state index contributed by atoms with van der Waals surface area (Å²) in [5, 5.41) is 8.71. The molecule has 2 nitrogen and oxygen atoms in total. The predicted octanol–water partition coefficient (Wildman–Crippen LogP) is 0.979. The summed E-state index contributed by atoms with van der Waals surface area (Å²) in [4.78, 5) is 0.493. The summed E-state index contributed by atoms with van der Waals surface area (Å²) in [7, 11) is 0. The molecule has 1 radical (unpaired) electrons. The fraction of sp³-hybridized carbons (Fsp3) is 0. The largest absolute Gasteiger partial charge is 0.508 e. The van der Waals surface area contributed by atoms with E-state index in [-0.39, 0.29) is 5.75 Å². The third-order valence-electron chi connectivity index (χ3n) is 0.858. The van der Waals surface area contributed by atoms with Crippen LogP contribution in [0.15, 0.2) is 23.1 Å². The molecular formula is C6H4O2S+. The van der Waals surface area contributed by atoms with Gasteiger partial charge in [0.2, 0.25) is 0 Å². The van der Waals surface area contributed by atoms with Crippen LogP contribution in [0.4, 0.5) is 0 Å². The van der Waals surface area contributed by atoms with Gasteiger partial charge in [-0.3, -0.25) is 0 Å². The van der Waals surface area contributed by atoms with E-state index in [2.05, 4.69) is 6.07 Å². The van der Waals surface area contributed by atoms with Crippen molar-refractivity contribution in [2.75, 3.05) is 0 Å². The molecule has 0 saturated carbocycles. The fourth-order valence-electron chi connectivity index (χ4n) is 0.454. The van der Waals surface area contributed by atoms with Crippen LogP contribution < -0.4 is 0 Å². The SMILES string of the molecule is O=[S+]c1[c]cc(O)cc1. The molecule has 45 valence electrons. The molecule has 0 aliphatic rings. The third kappa shape index (κ3) is 1.47. The van der Waals surface area contributed by atoms with E-state index in [9.17, 15) is 4.21 Å². The van der Waals surface area contributed by atoms with Crippen LogP contribution >= 0.6 is 0 Å². The first-order valence-corrected chi connectivity index (χ1v) is 3.07. The van der Waals surface area contributed by atoms with Gasteiger partial charge in [0.05, 0.1) is 6.07 Å². The van der Waals surface area contributed by atoms with Gasteiger partial charge in [0.15, 0.2) is 0 Å². The number of hydrogen-bond donors (Lipinski definition) is 1. The van der Waals surface area contributed by atoms with Gasteiger partial charge in [0.25, 0.3) is 4.90 Å². The molecule has 0 bridgehead atoms. The van der Waals surface area contributed by atoms with E-state index in [1.165, 1.54) is 18.2 Å². The molecule has 1 aromatic carbocycles. The van der Waals surface area contributed by atoms with E-state index in [4.69, 9.17) is 5.11 Å². The number of aromatic hydroxyl groups is 1. The second-order valence-corrected chi connectivity index (χ2v) is 2.10. The molecular weight excluding hydrogens is 136 g/mol. The zero-order chi connectivity index (χ0) is 6.69.